The van der Waals surface area contributed by atoms with Gasteiger partial charge in [-0.3, -0.25) is 9.69 Å². The van der Waals surface area contributed by atoms with Gasteiger partial charge in [-0.2, -0.15) is 0 Å². The van der Waals surface area contributed by atoms with Gasteiger partial charge in [0.15, 0.2) is 0 Å². The fourth-order valence-electron chi connectivity index (χ4n) is 4.54. The SMILES string of the molecule is Cc1nc(N[C@H](C)c2cccc(C(F)F)c2F)c2c(n1)N(C)C(=O)C(C1=CCN(C)CC1)C2. The second-order valence-electron chi connectivity index (χ2n) is 8.78. The van der Waals surface area contributed by atoms with E-state index in [9.17, 15) is 18.0 Å². The lowest BCUT2D eigenvalue weighted by Gasteiger charge is -2.35. The van der Waals surface area contributed by atoms with Gasteiger partial charge in [-0.05, 0) is 33.7 Å². The summed E-state index contributed by atoms with van der Waals surface area (Å²) in [6.07, 6.45) is 0.465. The number of hydrogen-bond donors (Lipinski definition) is 1. The predicted octanol–water partition coefficient (Wildman–Crippen LogP) is 4.43. The van der Waals surface area contributed by atoms with E-state index >= 15 is 0 Å². The molecule has 0 radical (unpaired) electrons. The summed E-state index contributed by atoms with van der Waals surface area (Å²) in [6, 6.07) is 3.38. The summed E-state index contributed by atoms with van der Waals surface area (Å²) in [5.41, 5.74) is 1.38. The van der Waals surface area contributed by atoms with E-state index < -0.39 is 23.8 Å². The zero-order valence-corrected chi connectivity index (χ0v) is 19.2. The minimum absolute atomic E-state index is 0.00826. The largest absolute Gasteiger partial charge is 0.363 e. The topological polar surface area (TPSA) is 61.4 Å². The second-order valence-corrected chi connectivity index (χ2v) is 8.78. The number of hydrogen-bond acceptors (Lipinski definition) is 5. The molecular weight excluding hydrogens is 431 g/mol. The molecule has 0 spiro atoms. The van der Waals surface area contributed by atoms with E-state index in [0.29, 0.717) is 23.9 Å². The standard InChI is InChI=1S/C24H28F3N5O/c1-13(16-6-5-7-17(20(16)25)21(26)27)28-22-19-12-18(15-8-10-31(3)11-9-15)24(33)32(4)23(19)30-14(2)29-22/h5-8,13,18,21H,9-12H2,1-4H3,(H,28,29,30)/t13-,18?/m1/s1. The number of fused-ring (bicyclic) bond motifs is 1. The van der Waals surface area contributed by atoms with Gasteiger partial charge in [0.1, 0.15) is 23.3 Å². The summed E-state index contributed by atoms with van der Waals surface area (Å²) < 4.78 is 41.1. The Hall–Kier alpha value is -2.94. The minimum Gasteiger partial charge on any atom is -0.363 e. The van der Waals surface area contributed by atoms with Gasteiger partial charge in [0, 0.05) is 31.3 Å². The van der Waals surface area contributed by atoms with Gasteiger partial charge in [-0.25, -0.2) is 23.1 Å². The molecule has 33 heavy (non-hydrogen) atoms. The van der Waals surface area contributed by atoms with Crippen molar-refractivity contribution in [3.05, 3.63) is 58.2 Å². The van der Waals surface area contributed by atoms with Gasteiger partial charge >= 0.3 is 0 Å². The molecule has 2 aliphatic rings. The maximum Gasteiger partial charge on any atom is 0.266 e. The Balaban J connectivity index is 1.69. The molecule has 1 N–H and O–H groups in total. The van der Waals surface area contributed by atoms with Crippen LogP contribution in [0.1, 0.15) is 48.3 Å². The second kappa shape index (κ2) is 9.13. The van der Waals surface area contributed by atoms with Crippen LogP contribution in [0.3, 0.4) is 0 Å². The highest BCUT2D eigenvalue weighted by atomic mass is 19.3. The Morgan fingerprint density at radius 2 is 1.91 bits per heavy atom. The van der Waals surface area contributed by atoms with Crippen molar-refractivity contribution < 1.29 is 18.0 Å². The van der Waals surface area contributed by atoms with Crippen molar-refractivity contribution in [1.29, 1.82) is 0 Å². The van der Waals surface area contributed by atoms with Crippen LogP contribution >= 0.6 is 0 Å². The molecule has 2 aromatic rings. The zero-order chi connectivity index (χ0) is 23.9. The first-order chi connectivity index (χ1) is 15.7. The monoisotopic (exact) mass is 459 g/mol. The molecule has 3 heterocycles. The van der Waals surface area contributed by atoms with Crippen molar-refractivity contribution in [2.24, 2.45) is 5.92 Å². The van der Waals surface area contributed by atoms with Crippen LogP contribution in [0.4, 0.5) is 24.8 Å². The van der Waals surface area contributed by atoms with Gasteiger partial charge in [-0.1, -0.05) is 29.8 Å². The quantitative estimate of drug-likeness (QED) is 0.671. The van der Waals surface area contributed by atoms with Gasteiger partial charge in [-0.15, -0.1) is 0 Å². The number of anilines is 2. The predicted molar refractivity (Wildman–Crippen MR) is 121 cm³/mol. The van der Waals surface area contributed by atoms with E-state index in [-0.39, 0.29) is 17.4 Å². The third-order valence-corrected chi connectivity index (χ3v) is 6.46. The summed E-state index contributed by atoms with van der Waals surface area (Å²) >= 11 is 0. The third kappa shape index (κ3) is 4.46. The molecule has 1 aromatic heterocycles. The van der Waals surface area contributed by atoms with Gasteiger partial charge in [0.25, 0.3) is 6.43 Å². The van der Waals surface area contributed by atoms with E-state index in [4.69, 9.17) is 0 Å². The van der Waals surface area contributed by atoms with Crippen molar-refractivity contribution in [2.45, 2.75) is 39.2 Å². The molecule has 9 heteroatoms. The maximum absolute atomic E-state index is 14.7. The first-order valence-electron chi connectivity index (χ1n) is 11.0. The summed E-state index contributed by atoms with van der Waals surface area (Å²) in [4.78, 5) is 25.9. The number of carbonyl (C=O) groups is 1. The fraction of sp³-hybridized carbons (Fsp3) is 0.458. The first-order valence-corrected chi connectivity index (χ1v) is 11.0. The number of likely N-dealkylation sites (N-methyl/N-ethyl adjacent to an activating group) is 1. The molecule has 4 rings (SSSR count). The van der Waals surface area contributed by atoms with E-state index in [2.05, 4.69) is 26.3 Å². The number of alkyl halides is 2. The molecule has 1 aromatic carbocycles. The lowest BCUT2D eigenvalue weighted by Crippen LogP contribution is -2.42. The van der Waals surface area contributed by atoms with E-state index in [1.54, 1.807) is 25.8 Å². The fourth-order valence-corrected chi connectivity index (χ4v) is 4.54. The molecule has 1 unspecified atom stereocenters. The number of halogens is 3. The summed E-state index contributed by atoms with van der Waals surface area (Å²) in [6.45, 7) is 5.10. The van der Waals surface area contributed by atoms with Crippen LogP contribution in [-0.4, -0.2) is 48.0 Å². The molecular formula is C24H28F3N5O. The van der Waals surface area contributed by atoms with Crippen LogP contribution in [0.15, 0.2) is 29.8 Å². The van der Waals surface area contributed by atoms with Crippen molar-refractivity contribution >= 4 is 17.5 Å². The Morgan fingerprint density at radius 1 is 1.18 bits per heavy atom. The Kier molecular flexibility index (Phi) is 6.43. The molecule has 0 saturated heterocycles. The maximum atomic E-state index is 14.7. The van der Waals surface area contributed by atoms with Crippen LogP contribution in [0.2, 0.25) is 0 Å². The smallest absolute Gasteiger partial charge is 0.266 e. The van der Waals surface area contributed by atoms with Gasteiger partial charge in [0.2, 0.25) is 5.91 Å². The van der Waals surface area contributed by atoms with Crippen LogP contribution in [-0.2, 0) is 11.2 Å². The molecule has 1 amide bonds. The average Bonchev–Trinajstić information content (AvgIpc) is 2.77. The Bertz CT molecular complexity index is 1100. The number of carbonyl (C=O) groups excluding carboxylic acids is 1. The van der Waals surface area contributed by atoms with Crippen molar-refractivity contribution in [2.75, 3.05) is 37.4 Å². The lowest BCUT2D eigenvalue weighted by molar-refractivity contribution is -0.121. The summed E-state index contributed by atoms with van der Waals surface area (Å²) in [5, 5.41) is 3.20. The molecule has 0 bridgehead atoms. The molecule has 2 aliphatic heterocycles. The molecule has 0 aliphatic carbocycles. The number of aryl methyl sites for hydroxylation is 1. The number of aromatic nitrogens is 2. The highest BCUT2D eigenvalue weighted by Crippen LogP contribution is 2.38. The highest BCUT2D eigenvalue weighted by Gasteiger charge is 2.37. The van der Waals surface area contributed by atoms with E-state index in [1.165, 1.54) is 12.1 Å². The molecule has 0 saturated carbocycles. The number of nitrogens with zero attached hydrogens (tertiary/aromatic N) is 4. The lowest BCUT2D eigenvalue weighted by atomic mass is 9.84. The van der Waals surface area contributed by atoms with Crippen LogP contribution in [0.25, 0.3) is 0 Å². The average molecular weight is 460 g/mol. The number of amides is 1. The number of nitrogens with one attached hydrogen (secondary N) is 1. The van der Waals surface area contributed by atoms with Gasteiger partial charge < -0.3 is 10.2 Å². The molecule has 0 fully saturated rings. The van der Waals surface area contributed by atoms with Crippen LogP contribution in [0.5, 0.6) is 0 Å². The zero-order valence-electron chi connectivity index (χ0n) is 19.2. The summed E-state index contributed by atoms with van der Waals surface area (Å²) in [7, 11) is 3.74. The Labute approximate surface area is 191 Å². The Morgan fingerprint density at radius 3 is 2.58 bits per heavy atom. The summed E-state index contributed by atoms with van der Waals surface area (Å²) in [5.74, 6) is 0.234. The number of benzene rings is 1. The van der Waals surface area contributed by atoms with Gasteiger partial charge in [0.05, 0.1) is 17.5 Å². The molecule has 176 valence electrons. The highest BCUT2D eigenvalue weighted by molar-refractivity contribution is 5.99. The normalized spacial score (nSPS) is 20.0. The van der Waals surface area contributed by atoms with Crippen LogP contribution in [0, 0.1) is 18.7 Å². The van der Waals surface area contributed by atoms with Crippen molar-refractivity contribution in [3.63, 3.8) is 0 Å². The van der Waals surface area contributed by atoms with Crippen molar-refractivity contribution in [3.8, 4) is 0 Å². The van der Waals surface area contributed by atoms with Crippen LogP contribution < -0.4 is 10.2 Å². The number of rotatable bonds is 5. The molecule has 6 nitrogen and oxygen atoms in total. The third-order valence-electron chi connectivity index (χ3n) is 6.46. The van der Waals surface area contributed by atoms with Crippen molar-refractivity contribution in [1.82, 2.24) is 14.9 Å². The van der Waals surface area contributed by atoms with E-state index in [0.717, 1.165) is 36.7 Å². The minimum atomic E-state index is -2.89. The van der Waals surface area contributed by atoms with E-state index in [1.807, 2.05) is 7.05 Å². The molecule has 2 atom stereocenters. The first kappa shape index (κ1) is 23.2.